The third-order valence-corrected chi connectivity index (χ3v) is 4.04. The number of rotatable bonds is 2. The third kappa shape index (κ3) is 2.55. The van der Waals surface area contributed by atoms with Crippen molar-refractivity contribution in [1.29, 1.82) is 0 Å². The number of fused-ring (bicyclic) bond motifs is 1. The van der Waals surface area contributed by atoms with Crippen molar-refractivity contribution in [2.45, 2.75) is 24.0 Å². The predicted molar refractivity (Wildman–Crippen MR) is 68.1 cm³/mol. The zero-order valence-corrected chi connectivity index (χ0v) is 11.6. The normalized spacial score (nSPS) is 20.6. The van der Waals surface area contributed by atoms with Crippen molar-refractivity contribution in [3.8, 4) is 11.5 Å². The Labute approximate surface area is 111 Å². The number of sulfone groups is 1. The maximum Gasteiger partial charge on any atom is 0.180 e. The molecule has 100 valence electrons. The summed E-state index contributed by atoms with van der Waals surface area (Å²) in [4.78, 5) is 0.0974. The van der Waals surface area contributed by atoms with E-state index in [9.17, 15) is 8.42 Å². The smallest absolute Gasteiger partial charge is 0.180 e. The maximum absolute atomic E-state index is 11.5. The van der Waals surface area contributed by atoms with Crippen LogP contribution < -0.4 is 15.2 Å². The van der Waals surface area contributed by atoms with Crippen molar-refractivity contribution in [3.63, 3.8) is 0 Å². The van der Waals surface area contributed by atoms with Crippen molar-refractivity contribution >= 4 is 21.4 Å². The fraction of sp³-hybridized carbons (Fsp3) is 0.455. The Morgan fingerprint density at radius 3 is 2.72 bits per heavy atom. The van der Waals surface area contributed by atoms with E-state index in [1.807, 2.05) is 0 Å². The topological polar surface area (TPSA) is 78.6 Å². The second kappa shape index (κ2) is 4.60. The van der Waals surface area contributed by atoms with Gasteiger partial charge in [-0.2, -0.15) is 0 Å². The van der Waals surface area contributed by atoms with E-state index in [1.54, 1.807) is 6.92 Å². The van der Waals surface area contributed by atoms with E-state index in [0.717, 1.165) is 6.26 Å². The van der Waals surface area contributed by atoms with E-state index in [0.29, 0.717) is 18.1 Å². The van der Waals surface area contributed by atoms with E-state index in [-0.39, 0.29) is 22.1 Å². The fourth-order valence-corrected chi connectivity index (χ4v) is 2.59. The van der Waals surface area contributed by atoms with Gasteiger partial charge in [-0.05, 0) is 13.0 Å². The summed E-state index contributed by atoms with van der Waals surface area (Å²) in [5, 5.41) is 0.219. The second-order valence-corrected chi connectivity index (χ2v) is 6.75. The second-order valence-electron chi connectivity index (χ2n) is 4.33. The highest BCUT2D eigenvalue weighted by molar-refractivity contribution is 7.90. The lowest BCUT2D eigenvalue weighted by atomic mass is 10.2. The molecule has 0 aliphatic carbocycles. The first-order chi connectivity index (χ1) is 8.29. The highest BCUT2D eigenvalue weighted by atomic mass is 35.5. The van der Waals surface area contributed by atoms with Gasteiger partial charge in [0.25, 0.3) is 0 Å². The number of halogens is 1. The fourth-order valence-electron chi connectivity index (χ4n) is 1.61. The highest BCUT2D eigenvalue weighted by Gasteiger charge is 2.27. The summed E-state index contributed by atoms with van der Waals surface area (Å²) < 4.78 is 34.1. The van der Waals surface area contributed by atoms with Gasteiger partial charge < -0.3 is 15.2 Å². The zero-order chi connectivity index (χ0) is 13.5. The predicted octanol–water partition coefficient (Wildman–Crippen LogP) is 1.23. The zero-order valence-electron chi connectivity index (χ0n) is 10.0. The van der Waals surface area contributed by atoms with Crippen LogP contribution in [-0.2, 0) is 9.84 Å². The van der Waals surface area contributed by atoms with Gasteiger partial charge in [0.1, 0.15) is 12.7 Å². The van der Waals surface area contributed by atoms with Gasteiger partial charge in [0.15, 0.2) is 21.3 Å². The first-order valence-corrected chi connectivity index (χ1v) is 7.64. The molecule has 5 nitrogen and oxygen atoms in total. The molecular weight excluding hydrogens is 278 g/mol. The Kier molecular flexibility index (Phi) is 3.44. The molecule has 1 aromatic rings. The molecule has 0 aromatic heterocycles. The maximum atomic E-state index is 11.5. The van der Waals surface area contributed by atoms with Crippen LogP contribution in [0.2, 0.25) is 5.02 Å². The van der Waals surface area contributed by atoms with Gasteiger partial charge in [-0.3, -0.25) is 0 Å². The molecule has 1 heterocycles. The summed E-state index contributed by atoms with van der Waals surface area (Å²) in [7, 11) is -3.35. The molecule has 2 rings (SSSR count). The molecule has 0 saturated heterocycles. The average Bonchev–Trinajstić information content (AvgIpc) is 2.26. The summed E-state index contributed by atoms with van der Waals surface area (Å²) in [5.41, 5.74) is 5.73. The lowest BCUT2D eigenvalue weighted by Crippen LogP contribution is -2.43. The van der Waals surface area contributed by atoms with Crippen LogP contribution in [0.5, 0.6) is 11.5 Å². The lowest BCUT2D eigenvalue weighted by molar-refractivity contribution is 0.0762. The number of nitrogens with two attached hydrogens (primary N) is 1. The van der Waals surface area contributed by atoms with Gasteiger partial charge in [0, 0.05) is 18.4 Å². The van der Waals surface area contributed by atoms with Crippen LogP contribution in [0.3, 0.4) is 0 Å². The highest BCUT2D eigenvalue weighted by Crippen LogP contribution is 2.40. The number of benzene rings is 1. The molecule has 0 fully saturated rings. The average molecular weight is 292 g/mol. The van der Waals surface area contributed by atoms with Crippen molar-refractivity contribution in [3.05, 3.63) is 17.2 Å². The Morgan fingerprint density at radius 1 is 1.50 bits per heavy atom. The van der Waals surface area contributed by atoms with Gasteiger partial charge in [-0.15, -0.1) is 0 Å². The molecule has 1 aliphatic heterocycles. The molecule has 1 aromatic carbocycles. The molecule has 0 radical (unpaired) electrons. The summed E-state index contributed by atoms with van der Waals surface area (Å²) in [6.07, 6.45) is 0.793. The van der Waals surface area contributed by atoms with Crippen LogP contribution >= 0.6 is 11.6 Å². The van der Waals surface area contributed by atoms with Crippen molar-refractivity contribution in [2.75, 3.05) is 12.9 Å². The van der Waals surface area contributed by atoms with E-state index >= 15 is 0 Å². The molecule has 18 heavy (non-hydrogen) atoms. The first-order valence-electron chi connectivity index (χ1n) is 5.37. The van der Waals surface area contributed by atoms with Gasteiger partial charge in [-0.1, -0.05) is 11.6 Å². The Morgan fingerprint density at radius 2 is 2.17 bits per heavy atom. The summed E-state index contributed by atoms with van der Waals surface area (Å²) in [6, 6.07) is 2.54. The van der Waals surface area contributed by atoms with E-state index in [4.69, 9.17) is 26.8 Å². The SMILES string of the molecule is CC(N)[C@H]1COc2c(Cl)cc(S(C)(=O)=O)cc2O1. The molecule has 0 spiro atoms. The van der Waals surface area contributed by atoms with Gasteiger partial charge in [-0.25, -0.2) is 8.42 Å². The molecule has 2 N–H and O–H groups in total. The minimum absolute atomic E-state index is 0.0974. The first kappa shape index (κ1) is 13.5. The Bertz CT molecular complexity index is 571. The Hall–Kier alpha value is -0.980. The summed E-state index contributed by atoms with van der Waals surface area (Å²) in [5.74, 6) is 0.678. The van der Waals surface area contributed by atoms with E-state index in [1.165, 1.54) is 12.1 Å². The molecule has 0 amide bonds. The molecule has 1 unspecified atom stereocenters. The molecule has 2 atom stereocenters. The van der Waals surface area contributed by atoms with Crippen molar-refractivity contribution in [2.24, 2.45) is 5.73 Å². The van der Waals surface area contributed by atoms with Crippen molar-refractivity contribution in [1.82, 2.24) is 0 Å². The van der Waals surface area contributed by atoms with Gasteiger partial charge in [0.05, 0.1) is 9.92 Å². The quantitative estimate of drug-likeness (QED) is 0.886. The van der Waals surface area contributed by atoms with E-state index in [2.05, 4.69) is 0 Å². The van der Waals surface area contributed by atoms with Crippen LogP contribution in [0.1, 0.15) is 6.92 Å². The van der Waals surface area contributed by atoms with Crippen LogP contribution in [0.15, 0.2) is 17.0 Å². The number of hydrogen-bond donors (Lipinski definition) is 1. The van der Waals surface area contributed by atoms with Gasteiger partial charge in [0.2, 0.25) is 0 Å². The minimum atomic E-state index is -3.35. The van der Waals surface area contributed by atoms with Crippen LogP contribution in [0, 0.1) is 0 Å². The molecule has 1 aliphatic rings. The minimum Gasteiger partial charge on any atom is -0.484 e. The third-order valence-electron chi connectivity index (χ3n) is 2.67. The van der Waals surface area contributed by atoms with Crippen molar-refractivity contribution < 1.29 is 17.9 Å². The summed E-state index contributed by atoms with van der Waals surface area (Å²) in [6.45, 7) is 2.09. The molecular formula is C11H14ClNO4S. The monoisotopic (exact) mass is 291 g/mol. The van der Waals surface area contributed by atoms with E-state index < -0.39 is 9.84 Å². The standard InChI is InChI=1S/C11H14ClNO4S/c1-6(13)10-5-16-11-8(12)3-7(18(2,14)15)4-9(11)17-10/h3-4,6,10H,5,13H2,1-2H3/t6?,10-/m1/s1. The lowest BCUT2D eigenvalue weighted by Gasteiger charge is -2.29. The number of hydrogen-bond acceptors (Lipinski definition) is 5. The molecule has 7 heteroatoms. The number of ether oxygens (including phenoxy) is 2. The van der Waals surface area contributed by atoms with Crippen LogP contribution in [0.25, 0.3) is 0 Å². The van der Waals surface area contributed by atoms with Crippen LogP contribution in [-0.4, -0.2) is 33.4 Å². The molecule has 0 saturated carbocycles. The Balaban J connectivity index is 2.46. The molecule has 0 bridgehead atoms. The van der Waals surface area contributed by atoms with Gasteiger partial charge >= 0.3 is 0 Å². The van der Waals surface area contributed by atoms with Crippen LogP contribution in [0.4, 0.5) is 0 Å². The largest absolute Gasteiger partial charge is 0.484 e. The summed E-state index contributed by atoms with van der Waals surface area (Å²) >= 11 is 5.98.